The van der Waals surface area contributed by atoms with Gasteiger partial charge < -0.3 is 24.1 Å². The largest absolute Gasteiger partial charge is 0.493 e. The summed E-state index contributed by atoms with van der Waals surface area (Å²) in [6.45, 7) is 0. The van der Waals surface area contributed by atoms with Crippen molar-refractivity contribution in [3.05, 3.63) is 17.2 Å². The fourth-order valence-electron chi connectivity index (χ4n) is 1.82. The minimum atomic E-state index is -1.34. The van der Waals surface area contributed by atoms with Crippen LogP contribution < -0.4 is 14.2 Å². The van der Waals surface area contributed by atoms with Crippen molar-refractivity contribution in [3.8, 4) is 17.2 Å². The van der Waals surface area contributed by atoms with Crippen molar-refractivity contribution in [2.24, 2.45) is 0 Å². The highest BCUT2D eigenvalue weighted by atomic mass is 16.6. The van der Waals surface area contributed by atoms with E-state index < -0.39 is 12.3 Å². The van der Waals surface area contributed by atoms with Gasteiger partial charge in [0.25, 0.3) is 0 Å². The molecule has 2 rings (SSSR count). The number of methoxy groups -OCH3 is 3. The summed E-state index contributed by atoms with van der Waals surface area (Å²) in [5, 5.41) is 9.63. The fourth-order valence-corrected chi connectivity index (χ4v) is 1.82. The van der Waals surface area contributed by atoms with Crippen molar-refractivity contribution in [3.63, 3.8) is 0 Å². The quantitative estimate of drug-likeness (QED) is 0.790. The Hall–Kier alpha value is -1.95. The van der Waals surface area contributed by atoms with Crippen LogP contribution in [0, 0.1) is 0 Å². The Kier molecular flexibility index (Phi) is 2.81. The van der Waals surface area contributed by atoms with Gasteiger partial charge in [-0.15, -0.1) is 0 Å². The number of carbonyl (C=O) groups excluding carboxylic acids is 1. The molecule has 1 aliphatic rings. The second-order valence-corrected chi connectivity index (χ2v) is 3.36. The number of cyclic esters (lactones) is 1. The number of fused-ring (bicyclic) bond motifs is 1. The molecule has 1 atom stereocenters. The maximum absolute atomic E-state index is 11.5. The van der Waals surface area contributed by atoms with Crippen molar-refractivity contribution < 1.29 is 28.8 Å². The summed E-state index contributed by atoms with van der Waals surface area (Å²) in [5.74, 6) is 0.271. The number of rotatable bonds is 3. The van der Waals surface area contributed by atoms with Gasteiger partial charge in [0.2, 0.25) is 12.0 Å². The van der Waals surface area contributed by atoms with E-state index in [2.05, 4.69) is 0 Å². The van der Waals surface area contributed by atoms with Crippen LogP contribution in [0.15, 0.2) is 6.07 Å². The molecule has 1 aliphatic heterocycles. The summed E-state index contributed by atoms with van der Waals surface area (Å²) < 4.78 is 20.1. The highest BCUT2D eigenvalue weighted by Gasteiger charge is 2.36. The lowest BCUT2D eigenvalue weighted by atomic mass is 10.1. The highest BCUT2D eigenvalue weighted by molar-refractivity contribution is 5.96. The Morgan fingerprint density at radius 3 is 2.35 bits per heavy atom. The Balaban J connectivity index is 2.73. The molecule has 17 heavy (non-hydrogen) atoms. The molecule has 0 radical (unpaired) electrons. The normalized spacial score (nSPS) is 17.4. The summed E-state index contributed by atoms with van der Waals surface area (Å²) in [5.41, 5.74) is 0.474. The number of hydrogen-bond acceptors (Lipinski definition) is 6. The molecule has 0 saturated heterocycles. The van der Waals surface area contributed by atoms with Gasteiger partial charge in [0, 0.05) is 0 Å². The smallest absolute Gasteiger partial charge is 0.341 e. The van der Waals surface area contributed by atoms with Gasteiger partial charge in [0.1, 0.15) is 0 Å². The third-order valence-electron chi connectivity index (χ3n) is 2.55. The molecule has 0 amide bonds. The minimum absolute atomic E-state index is 0.215. The molecule has 1 aromatic carbocycles. The molecule has 1 heterocycles. The summed E-state index contributed by atoms with van der Waals surface area (Å²) in [4.78, 5) is 11.5. The zero-order chi connectivity index (χ0) is 12.6. The topological polar surface area (TPSA) is 74.2 Å². The van der Waals surface area contributed by atoms with E-state index >= 15 is 0 Å². The zero-order valence-electron chi connectivity index (χ0n) is 9.64. The Bertz CT molecular complexity index is 468. The second kappa shape index (κ2) is 4.14. The van der Waals surface area contributed by atoms with E-state index in [1.165, 1.54) is 27.4 Å². The molecular formula is C11H12O6. The first-order valence-electron chi connectivity index (χ1n) is 4.86. The van der Waals surface area contributed by atoms with Crippen LogP contribution in [0.25, 0.3) is 0 Å². The predicted molar refractivity (Wildman–Crippen MR) is 56.5 cm³/mol. The van der Waals surface area contributed by atoms with Crippen LogP contribution in [0.5, 0.6) is 17.2 Å². The van der Waals surface area contributed by atoms with E-state index in [4.69, 9.17) is 18.9 Å². The van der Waals surface area contributed by atoms with Crippen LogP contribution in [0.1, 0.15) is 22.2 Å². The second-order valence-electron chi connectivity index (χ2n) is 3.36. The molecule has 1 unspecified atom stereocenters. The lowest BCUT2D eigenvalue weighted by Gasteiger charge is -2.15. The Morgan fingerprint density at radius 1 is 1.18 bits per heavy atom. The van der Waals surface area contributed by atoms with Crippen LogP contribution in [0.4, 0.5) is 0 Å². The van der Waals surface area contributed by atoms with Crippen LogP contribution in [0.2, 0.25) is 0 Å². The molecule has 0 spiro atoms. The van der Waals surface area contributed by atoms with E-state index in [1.54, 1.807) is 0 Å². The first kappa shape index (κ1) is 11.5. The third-order valence-corrected chi connectivity index (χ3v) is 2.55. The van der Waals surface area contributed by atoms with Crippen LogP contribution >= 0.6 is 0 Å². The van der Waals surface area contributed by atoms with E-state index in [0.29, 0.717) is 11.5 Å². The van der Waals surface area contributed by atoms with Gasteiger partial charge in [-0.25, -0.2) is 4.79 Å². The van der Waals surface area contributed by atoms with Crippen LogP contribution in [-0.4, -0.2) is 32.4 Å². The van der Waals surface area contributed by atoms with Crippen molar-refractivity contribution in [1.29, 1.82) is 0 Å². The number of aliphatic hydroxyl groups is 1. The molecule has 6 heteroatoms. The van der Waals surface area contributed by atoms with Gasteiger partial charge >= 0.3 is 5.97 Å². The number of aliphatic hydroxyl groups excluding tert-OH is 1. The van der Waals surface area contributed by atoms with Crippen molar-refractivity contribution >= 4 is 5.97 Å². The summed E-state index contributed by atoms with van der Waals surface area (Å²) in [6, 6.07) is 1.45. The summed E-state index contributed by atoms with van der Waals surface area (Å²) in [6.07, 6.45) is -1.34. The number of esters is 1. The maximum atomic E-state index is 11.5. The Morgan fingerprint density at radius 2 is 1.82 bits per heavy atom. The highest BCUT2D eigenvalue weighted by Crippen LogP contribution is 2.47. The standard InChI is InChI=1S/C11H12O6/c1-14-6-4-5-7(11(13)17-10(5)12)9(16-3)8(6)15-2/h4,11,13H,1-3H3. The molecule has 0 fully saturated rings. The van der Waals surface area contributed by atoms with E-state index in [0.717, 1.165) is 0 Å². The maximum Gasteiger partial charge on any atom is 0.341 e. The summed E-state index contributed by atoms with van der Waals surface area (Å²) >= 11 is 0. The molecule has 0 saturated carbocycles. The summed E-state index contributed by atoms with van der Waals surface area (Å²) in [7, 11) is 4.30. The zero-order valence-corrected chi connectivity index (χ0v) is 9.64. The predicted octanol–water partition coefficient (Wildman–Crippen LogP) is 0.874. The molecule has 6 nitrogen and oxygen atoms in total. The monoisotopic (exact) mass is 240 g/mol. The van der Waals surface area contributed by atoms with Crippen LogP contribution in [-0.2, 0) is 4.74 Å². The molecule has 0 aliphatic carbocycles. The number of ether oxygens (including phenoxy) is 4. The van der Waals surface area contributed by atoms with Crippen molar-refractivity contribution in [1.82, 2.24) is 0 Å². The Labute approximate surface area is 97.7 Å². The van der Waals surface area contributed by atoms with Crippen LogP contribution in [0.3, 0.4) is 0 Å². The molecule has 1 N–H and O–H groups in total. The van der Waals surface area contributed by atoms with Gasteiger partial charge in [-0.2, -0.15) is 0 Å². The van der Waals surface area contributed by atoms with E-state index in [-0.39, 0.29) is 16.9 Å². The lowest BCUT2D eigenvalue weighted by Crippen LogP contribution is -2.02. The van der Waals surface area contributed by atoms with Crippen molar-refractivity contribution in [2.75, 3.05) is 21.3 Å². The first-order valence-corrected chi connectivity index (χ1v) is 4.86. The molecular weight excluding hydrogens is 228 g/mol. The van der Waals surface area contributed by atoms with Crippen molar-refractivity contribution in [2.45, 2.75) is 6.29 Å². The van der Waals surface area contributed by atoms with Gasteiger partial charge in [0.05, 0.1) is 32.5 Å². The van der Waals surface area contributed by atoms with E-state index in [1.807, 2.05) is 0 Å². The third kappa shape index (κ3) is 1.57. The van der Waals surface area contributed by atoms with Gasteiger partial charge in [-0.3, -0.25) is 0 Å². The molecule has 1 aromatic rings. The van der Waals surface area contributed by atoms with E-state index in [9.17, 15) is 9.90 Å². The number of carbonyl (C=O) groups is 1. The first-order chi connectivity index (χ1) is 8.13. The average molecular weight is 240 g/mol. The molecule has 92 valence electrons. The lowest BCUT2D eigenvalue weighted by molar-refractivity contribution is -0.0556. The minimum Gasteiger partial charge on any atom is -0.493 e. The van der Waals surface area contributed by atoms with Gasteiger partial charge in [-0.05, 0) is 6.07 Å². The SMILES string of the molecule is COc1cc2c(c(OC)c1OC)C(O)OC2=O. The van der Waals surface area contributed by atoms with Gasteiger partial charge in [0.15, 0.2) is 11.5 Å². The fraction of sp³-hybridized carbons (Fsp3) is 0.364. The number of benzene rings is 1. The average Bonchev–Trinajstić information content (AvgIpc) is 2.62. The molecule has 0 bridgehead atoms. The molecule has 0 aromatic heterocycles. The van der Waals surface area contributed by atoms with Gasteiger partial charge in [-0.1, -0.05) is 0 Å². The number of hydrogen-bond donors (Lipinski definition) is 1.